The van der Waals surface area contributed by atoms with E-state index in [1.165, 1.54) is 24.3 Å². The summed E-state index contributed by atoms with van der Waals surface area (Å²) in [7, 11) is 0. The van der Waals surface area contributed by atoms with Crippen LogP contribution in [0.25, 0.3) is 0 Å². The molecule has 35 heavy (non-hydrogen) atoms. The normalized spacial score (nSPS) is 23.9. The number of hydrogen-bond donors (Lipinski definition) is 5. The van der Waals surface area contributed by atoms with Crippen LogP contribution in [0.3, 0.4) is 0 Å². The second-order valence-electron chi connectivity index (χ2n) is 8.63. The minimum absolute atomic E-state index is 0.0707. The molecule has 3 rings (SSSR count). The number of rotatable bonds is 9. The molecule has 0 unspecified atom stereocenters. The van der Waals surface area contributed by atoms with Gasteiger partial charge in [0, 0.05) is 25.7 Å². The lowest BCUT2D eigenvalue weighted by Gasteiger charge is -2.40. The number of aliphatic carboxylic acids is 1. The van der Waals surface area contributed by atoms with Crippen molar-refractivity contribution in [2.75, 3.05) is 0 Å². The zero-order valence-corrected chi connectivity index (χ0v) is 18.9. The predicted octanol–water partition coefficient (Wildman–Crippen LogP) is 1.46. The molecule has 2 aromatic rings. The number of carbonyl (C=O) groups excluding carboxylic acids is 2. The van der Waals surface area contributed by atoms with Gasteiger partial charge in [-0.3, -0.25) is 9.59 Å². The topological polar surface area (TPSA) is 171 Å². The number of carboxylic acid groups (broad SMARTS) is 1. The fourth-order valence-corrected chi connectivity index (χ4v) is 3.94. The third kappa shape index (κ3) is 7.17. The van der Waals surface area contributed by atoms with Crippen molar-refractivity contribution in [3.63, 3.8) is 0 Å². The summed E-state index contributed by atoms with van der Waals surface area (Å²) in [6.07, 6.45) is -5.04. The average molecular weight is 488 g/mol. The number of aryl methyl sites for hydroxylation is 2. The Morgan fingerprint density at radius 1 is 0.800 bits per heavy atom. The maximum absolute atomic E-state index is 12.5. The molecule has 1 saturated carbocycles. The number of esters is 2. The standard InChI is InChI=1S/C25H28O10/c26-17-7-1-15(2-8-17)5-11-21(29)34-20-14-25(33,24(31)32)13-19(28)23(20)35-22(30)12-6-16-3-9-18(27)10-4-16/h1-4,7-10,19-20,23,26-28,33H,5-6,11-14H2,(H,31,32)/t19-,20+,23+,25+/m0/s1. The number of phenolic OH excluding ortho intramolecular Hbond substituents is 2. The van der Waals surface area contributed by atoms with E-state index in [-0.39, 0.29) is 37.2 Å². The first-order valence-electron chi connectivity index (χ1n) is 11.1. The van der Waals surface area contributed by atoms with E-state index in [1.807, 2.05) is 0 Å². The van der Waals surface area contributed by atoms with Gasteiger partial charge >= 0.3 is 17.9 Å². The Kier molecular flexibility index (Phi) is 8.31. The van der Waals surface area contributed by atoms with Crippen molar-refractivity contribution in [1.29, 1.82) is 0 Å². The first-order valence-corrected chi connectivity index (χ1v) is 11.1. The first-order chi connectivity index (χ1) is 16.6. The molecule has 0 amide bonds. The minimum Gasteiger partial charge on any atom is -0.508 e. The van der Waals surface area contributed by atoms with Crippen molar-refractivity contribution in [2.45, 2.75) is 62.4 Å². The molecule has 1 fully saturated rings. The van der Waals surface area contributed by atoms with Crippen LogP contribution in [0, 0.1) is 0 Å². The van der Waals surface area contributed by atoms with Crippen molar-refractivity contribution in [3.05, 3.63) is 59.7 Å². The van der Waals surface area contributed by atoms with Crippen molar-refractivity contribution in [3.8, 4) is 11.5 Å². The summed E-state index contributed by atoms with van der Waals surface area (Å²) in [5.41, 5.74) is -0.833. The van der Waals surface area contributed by atoms with E-state index in [2.05, 4.69) is 0 Å². The second kappa shape index (κ2) is 11.2. The number of aliphatic hydroxyl groups excluding tert-OH is 1. The Morgan fingerprint density at radius 3 is 1.71 bits per heavy atom. The predicted molar refractivity (Wildman–Crippen MR) is 120 cm³/mol. The number of carboxylic acids is 1. The lowest BCUT2D eigenvalue weighted by atomic mass is 9.79. The fraction of sp³-hybridized carbons (Fsp3) is 0.400. The van der Waals surface area contributed by atoms with E-state index in [0.717, 1.165) is 11.1 Å². The van der Waals surface area contributed by atoms with Gasteiger partial charge in [-0.2, -0.15) is 0 Å². The number of benzene rings is 2. The molecular formula is C25H28O10. The second-order valence-corrected chi connectivity index (χ2v) is 8.63. The third-order valence-electron chi connectivity index (χ3n) is 5.89. The fourth-order valence-electron chi connectivity index (χ4n) is 3.94. The maximum Gasteiger partial charge on any atom is 0.335 e. The molecule has 0 radical (unpaired) electrons. The molecule has 0 heterocycles. The van der Waals surface area contributed by atoms with Gasteiger partial charge in [-0.15, -0.1) is 0 Å². The van der Waals surface area contributed by atoms with Crippen LogP contribution in [0.15, 0.2) is 48.5 Å². The largest absolute Gasteiger partial charge is 0.508 e. The molecule has 10 heteroatoms. The summed E-state index contributed by atoms with van der Waals surface area (Å²) in [4.78, 5) is 36.5. The molecule has 0 aliphatic heterocycles. The molecule has 0 aromatic heterocycles. The van der Waals surface area contributed by atoms with Gasteiger partial charge in [-0.25, -0.2) is 4.79 Å². The van der Waals surface area contributed by atoms with Crippen LogP contribution in [-0.4, -0.2) is 67.4 Å². The molecule has 5 N–H and O–H groups in total. The summed E-state index contributed by atoms with van der Waals surface area (Å²) in [5.74, 6) is -2.85. The SMILES string of the molecule is O=C(CCc1ccc(O)cc1)O[C@@H]1[C@@H](O)C[C@](O)(C(=O)O)C[C@H]1OC(=O)CCc1ccc(O)cc1. The lowest BCUT2D eigenvalue weighted by Crippen LogP contribution is -2.58. The van der Waals surface area contributed by atoms with Gasteiger partial charge in [0.25, 0.3) is 0 Å². The summed E-state index contributed by atoms with van der Waals surface area (Å²) < 4.78 is 10.7. The number of carbonyl (C=O) groups is 3. The quantitative estimate of drug-likeness (QED) is 0.326. The highest BCUT2D eigenvalue weighted by atomic mass is 16.6. The zero-order valence-electron chi connectivity index (χ0n) is 18.9. The molecule has 2 aromatic carbocycles. The van der Waals surface area contributed by atoms with E-state index < -0.39 is 54.7 Å². The smallest absolute Gasteiger partial charge is 0.335 e. The molecule has 0 saturated heterocycles. The molecule has 4 atom stereocenters. The van der Waals surface area contributed by atoms with E-state index >= 15 is 0 Å². The van der Waals surface area contributed by atoms with Crippen LogP contribution in [0.5, 0.6) is 11.5 Å². The highest BCUT2D eigenvalue weighted by Crippen LogP contribution is 2.33. The van der Waals surface area contributed by atoms with Gasteiger partial charge in [0.15, 0.2) is 11.7 Å². The monoisotopic (exact) mass is 488 g/mol. The average Bonchev–Trinajstić information content (AvgIpc) is 2.80. The number of aliphatic hydroxyl groups is 2. The van der Waals surface area contributed by atoms with Crippen LogP contribution >= 0.6 is 0 Å². The molecule has 1 aliphatic rings. The van der Waals surface area contributed by atoms with Gasteiger partial charge in [-0.1, -0.05) is 24.3 Å². The number of hydrogen-bond acceptors (Lipinski definition) is 9. The van der Waals surface area contributed by atoms with Crippen LogP contribution < -0.4 is 0 Å². The van der Waals surface area contributed by atoms with Crippen molar-refractivity contribution in [2.24, 2.45) is 0 Å². The van der Waals surface area contributed by atoms with Gasteiger partial charge in [0.1, 0.15) is 17.6 Å². The Hall–Kier alpha value is -3.63. The van der Waals surface area contributed by atoms with Gasteiger partial charge < -0.3 is 35.0 Å². The number of ether oxygens (including phenoxy) is 2. The Morgan fingerprint density at radius 2 is 1.26 bits per heavy atom. The number of phenols is 2. The third-order valence-corrected chi connectivity index (χ3v) is 5.89. The Labute approximate surface area is 201 Å². The zero-order chi connectivity index (χ0) is 25.6. The van der Waals surface area contributed by atoms with Crippen molar-refractivity contribution >= 4 is 17.9 Å². The van der Waals surface area contributed by atoms with Gasteiger partial charge in [0.05, 0.1) is 6.10 Å². The van der Waals surface area contributed by atoms with E-state index in [9.17, 15) is 39.9 Å². The molecule has 188 valence electrons. The van der Waals surface area contributed by atoms with Crippen LogP contribution in [-0.2, 0) is 36.7 Å². The molecule has 0 spiro atoms. The Bertz CT molecular complexity index is 1030. The summed E-state index contributed by atoms with van der Waals surface area (Å²) in [6.45, 7) is 0. The van der Waals surface area contributed by atoms with E-state index in [4.69, 9.17) is 9.47 Å². The maximum atomic E-state index is 12.5. The summed E-state index contributed by atoms with van der Waals surface area (Å²) in [6, 6.07) is 12.5. The summed E-state index contributed by atoms with van der Waals surface area (Å²) in [5, 5.41) is 49.0. The van der Waals surface area contributed by atoms with Gasteiger partial charge in [-0.05, 0) is 48.2 Å². The van der Waals surface area contributed by atoms with Gasteiger partial charge in [0.2, 0.25) is 0 Å². The molecule has 0 bridgehead atoms. The molecule has 10 nitrogen and oxygen atoms in total. The number of aromatic hydroxyl groups is 2. The van der Waals surface area contributed by atoms with Crippen molar-refractivity contribution < 1.29 is 49.4 Å². The van der Waals surface area contributed by atoms with E-state index in [1.54, 1.807) is 24.3 Å². The minimum atomic E-state index is -2.35. The van der Waals surface area contributed by atoms with Crippen molar-refractivity contribution in [1.82, 2.24) is 0 Å². The van der Waals surface area contributed by atoms with Crippen LogP contribution in [0.1, 0.15) is 36.8 Å². The van der Waals surface area contributed by atoms with Crippen LogP contribution in [0.2, 0.25) is 0 Å². The summed E-state index contributed by atoms with van der Waals surface area (Å²) >= 11 is 0. The molecular weight excluding hydrogens is 460 g/mol. The van der Waals surface area contributed by atoms with E-state index in [0.29, 0.717) is 0 Å². The highest BCUT2D eigenvalue weighted by Gasteiger charge is 2.52. The highest BCUT2D eigenvalue weighted by molar-refractivity contribution is 5.78. The Balaban J connectivity index is 1.64. The lowest BCUT2D eigenvalue weighted by molar-refractivity contribution is -0.208. The van der Waals surface area contributed by atoms with Crippen LogP contribution in [0.4, 0.5) is 0 Å². The first kappa shape index (κ1) is 26.0. The molecule has 1 aliphatic carbocycles.